The Hall–Kier alpha value is -1.75. The van der Waals surface area contributed by atoms with Gasteiger partial charge in [-0.1, -0.05) is 24.9 Å². The largest absolute Gasteiger partial charge is 0.423 e. The maximum atomic E-state index is 12.4. The first kappa shape index (κ1) is 16.6. The molecule has 1 aromatic carbocycles. The van der Waals surface area contributed by atoms with E-state index in [0.29, 0.717) is 23.0 Å². The van der Waals surface area contributed by atoms with Gasteiger partial charge in [-0.05, 0) is 31.5 Å². The van der Waals surface area contributed by atoms with Crippen LogP contribution in [0.2, 0.25) is 5.02 Å². The van der Waals surface area contributed by atoms with E-state index in [9.17, 15) is 9.59 Å². The third-order valence-electron chi connectivity index (χ3n) is 3.65. The molecule has 120 valence electrons. The Labute approximate surface area is 135 Å². The molecule has 0 bridgehead atoms. The monoisotopic (exact) mass is 324 g/mol. The molecular formula is C16H21ClN2O3. The number of unbranched alkanes of at least 4 members (excludes halogenated alkanes) is 1. The van der Waals surface area contributed by atoms with Gasteiger partial charge >= 0.3 is 5.97 Å². The molecule has 22 heavy (non-hydrogen) atoms. The number of esters is 1. The average Bonchev–Trinajstić information content (AvgIpc) is 2.48. The molecule has 2 rings (SSSR count). The van der Waals surface area contributed by atoms with Crippen LogP contribution < -0.4 is 9.64 Å². The second-order valence-electron chi connectivity index (χ2n) is 5.27. The number of benzene rings is 1. The van der Waals surface area contributed by atoms with Crippen molar-refractivity contribution in [2.45, 2.75) is 26.7 Å². The fourth-order valence-electron chi connectivity index (χ4n) is 2.43. The van der Waals surface area contributed by atoms with Gasteiger partial charge in [0, 0.05) is 18.1 Å². The number of likely N-dealkylation sites (N-methyl/N-ethyl adjacent to an activating group) is 1. The summed E-state index contributed by atoms with van der Waals surface area (Å²) in [5.74, 6) is 0.0980. The molecule has 0 atom stereocenters. The molecule has 0 aromatic heterocycles. The predicted molar refractivity (Wildman–Crippen MR) is 86.5 cm³/mol. The Morgan fingerprint density at radius 3 is 2.86 bits per heavy atom. The molecule has 1 aliphatic rings. The van der Waals surface area contributed by atoms with E-state index < -0.39 is 0 Å². The van der Waals surface area contributed by atoms with Crippen LogP contribution in [0, 0.1) is 0 Å². The lowest BCUT2D eigenvalue weighted by Crippen LogP contribution is -2.45. The maximum Gasteiger partial charge on any atom is 0.331 e. The lowest BCUT2D eigenvalue weighted by Gasteiger charge is -2.31. The van der Waals surface area contributed by atoms with E-state index in [-0.39, 0.29) is 25.0 Å². The van der Waals surface area contributed by atoms with Gasteiger partial charge in [0.25, 0.3) is 0 Å². The third kappa shape index (κ3) is 3.91. The molecule has 0 unspecified atom stereocenters. The Bertz CT molecular complexity index is 562. The van der Waals surface area contributed by atoms with Crippen molar-refractivity contribution in [1.29, 1.82) is 0 Å². The van der Waals surface area contributed by atoms with Crippen LogP contribution in [0.3, 0.4) is 0 Å². The summed E-state index contributed by atoms with van der Waals surface area (Å²) in [5, 5.41) is 0.549. The number of hydrogen-bond donors (Lipinski definition) is 0. The van der Waals surface area contributed by atoms with Gasteiger partial charge < -0.3 is 14.5 Å². The number of amides is 1. The molecule has 0 N–H and O–H groups in total. The molecule has 0 aliphatic carbocycles. The van der Waals surface area contributed by atoms with Crippen LogP contribution in [0.1, 0.15) is 26.7 Å². The van der Waals surface area contributed by atoms with Gasteiger partial charge in [-0.15, -0.1) is 0 Å². The zero-order valence-corrected chi connectivity index (χ0v) is 13.7. The summed E-state index contributed by atoms with van der Waals surface area (Å²) in [6.07, 6.45) is 2.02. The van der Waals surface area contributed by atoms with Crippen LogP contribution in [0.25, 0.3) is 0 Å². The lowest BCUT2D eigenvalue weighted by atomic mass is 10.2. The Kier molecular flexibility index (Phi) is 5.66. The van der Waals surface area contributed by atoms with Crippen molar-refractivity contribution < 1.29 is 14.3 Å². The van der Waals surface area contributed by atoms with Gasteiger partial charge in [-0.25, -0.2) is 4.79 Å². The summed E-state index contributed by atoms with van der Waals surface area (Å²) in [7, 11) is 0. The minimum atomic E-state index is -0.362. The van der Waals surface area contributed by atoms with E-state index in [1.54, 1.807) is 23.1 Å². The summed E-state index contributed by atoms with van der Waals surface area (Å²) in [6, 6.07) is 5.04. The van der Waals surface area contributed by atoms with E-state index in [1.165, 1.54) is 0 Å². The number of hydrogen-bond acceptors (Lipinski definition) is 4. The first-order valence-corrected chi connectivity index (χ1v) is 7.95. The van der Waals surface area contributed by atoms with Crippen molar-refractivity contribution in [1.82, 2.24) is 4.90 Å². The van der Waals surface area contributed by atoms with Crippen LogP contribution in [0.15, 0.2) is 18.2 Å². The SMILES string of the molecule is CCCCN(CC)C(=O)CN1CC(=O)Oc2ccc(Cl)cc21. The number of fused-ring (bicyclic) bond motifs is 1. The van der Waals surface area contributed by atoms with Gasteiger partial charge in [0.05, 0.1) is 12.2 Å². The number of nitrogens with zero attached hydrogens (tertiary/aromatic N) is 2. The van der Waals surface area contributed by atoms with Crippen LogP contribution >= 0.6 is 11.6 Å². The van der Waals surface area contributed by atoms with Crippen molar-refractivity contribution in [3.05, 3.63) is 23.2 Å². The van der Waals surface area contributed by atoms with Gasteiger partial charge in [0.1, 0.15) is 6.54 Å². The fraction of sp³-hybridized carbons (Fsp3) is 0.500. The highest BCUT2D eigenvalue weighted by atomic mass is 35.5. The summed E-state index contributed by atoms with van der Waals surface area (Å²) in [6.45, 7) is 5.68. The second-order valence-corrected chi connectivity index (χ2v) is 5.71. The van der Waals surface area contributed by atoms with Crippen LogP contribution in [-0.2, 0) is 9.59 Å². The predicted octanol–water partition coefficient (Wildman–Crippen LogP) is 2.71. The molecule has 5 nitrogen and oxygen atoms in total. The maximum absolute atomic E-state index is 12.4. The van der Waals surface area contributed by atoms with Gasteiger partial charge in [0.15, 0.2) is 5.75 Å². The molecule has 0 spiro atoms. The Morgan fingerprint density at radius 1 is 1.41 bits per heavy atom. The quantitative estimate of drug-likeness (QED) is 0.596. The van der Waals surface area contributed by atoms with Crippen molar-refractivity contribution in [2.24, 2.45) is 0 Å². The molecule has 1 aliphatic heterocycles. The first-order valence-electron chi connectivity index (χ1n) is 7.58. The number of carbonyl (C=O) groups excluding carboxylic acids is 2. The number of halogens is 1. The first-order chi connectivity index (χ1) is 10.5. The number of ether oxygens (including phenoxy) is 1. The summed E-state index contributed by atoms with van der Waals surface area (Å²) < 4.78 is 5.19. The second kappa shape index (κ2) is 7.49. The molecule has 0 radical (unpaired) electrons. The molecule has 0 saturated heterocycles. The van der Waals surface area contributed by atoms with Gasteiger partial charge in [-0.2, -0.15) is 0 Å². The molecule has 1 amide bonds. The van der Waals surface area contributed by atoms with Crippen LogP contribution in [-0.4, -0.2) is 43.0 Å². The number of anilines is 1. The normalized spacial score (nSPS) is 13.6. The van der Waals surface area contributed by atoms with Crippen molar-refractivity contribution >= 4 is 29.2 Å². The van der Waals surface area contributed by atoms with E-state index in [4.69, 9.17) is 16.3 Å². The topological polar surface area (TPSA) is 49.9 Å². The average molecular weight is 325 g/mol. The van der Waals surface area contributed by atoms with E-state index in [0.717, 1.165) is 19.4 Å². The molecule has 1 heterocycles. The van der Waals surface area contributed by atoms with E-state index in [2.05, 4.69) is 6.92 Å². The number of carbonyl (C=O) groups is 2. The van der Waals surface area contributed by atoms with E-state index in [1.807, 2.05) is 11.8 Å². The molecule has 0 fully saturated rings. The number of rotatable bonds is 6. The molecular weight excluding hydrogens is 304 g/mol. The standard InChI is InChI=1S/C16H21ClN2O3/c1-3-5-8-18(4-2)15(20)10-19-11-16(21)22-14-7-6-12(17)9-13(14)19/h6-7,9H,3-5,8,10-11H2,1-2H3. The van der Waals surface area contributed by atoms with Crippen molar-refractivity contribution in [2.75, 3.05) is 31.1 Å². The molecule has 0 saturated carbocycles. The molecule has 1 aromatic rings. The van der Waals surface area contributed by atoms with Crippen LogP contribution in [0.4, 0.5) is 5.69 Å². The highest BCUT2D eigenvalue weighted by Gasteiger charge is 2.27. The highest BCUT2D eigenvalue weighted by molar-refractivity contribution is 6.31. The minimum absolute atomic E-state index is 0.0107. The van der Waals surface area contributed by atoms with E-state index >= 15 is 0 Å². The highest BCUT2D eigenvalue weighted by Crippen LogP contribution is 2.34. The zero-order valence-electron chi connectivity index (χ0n) is 13.0. The summed E-state index contributed by atoms with van der Waals surface area (Å²) in [4.78, 5) is 27.7. The van der Waals surface area contributed by atoms with Gasteiger partial charge in [0.2, 0.25) is 5.91 Å². The van der Waals surface area contributed by atoms with Crippen molar-refractivity contribution in [3.63, 3.8) is 0 Å². The van der Waals surface area contributed by atoms with Crippen LogP contribution in [0.5, 0.6) is 5.75 Å². The zero-order chi connectivity index (χ0) is 16.1. The Balaban J connectivity index is 2.14. The fourth-order valence-corrected chi connectivity index (χ4v) is 2.60. The smallest absolute Gasteiger partial charge is 0.331 e. The lowest BCUT2D eigenvalue weighted by molar-refractivity contribution is -0.133. The summed E-state index contributed by atoms with van der Waals surface area (Å²) >= 11 is 6.01. The Morgan fingerprint density at radius 2 is 2.18 bits per heavy atom. The van der Waals surface area contributed by atoms with Gasteiger partial charge in [-0.3, -0.25) is 4.79 Å². The van der Waals surface area contributed by atoms with Crippen molar-refractivity contribution in [3.8, 4) is 5.75 Å². The third-order valence-corrected chi connectivity index (χ3v) is 3.88. The minimum Gasteiger partial charge on any atom is -0.423 e. The summed E-state index contributed by atoms with van der Waals surface area (Å²) in [5.41, 5.74) is 0.687. The molecule has 6 heteroatoms.